The molecule has 1 aliphatic heterocycles. The number of rotatable bonds is 7. The van der Waals surface area contributed by atoms with Crippen LogP contribution in [0.5, 0.6) is 11.5 Å². The molecule has 26 heavy (non-hydrogen) atoms. The van der Waals surface area contributed by atoms with E-state index in [1.807, 2.05) is 36.4 Å². The number of hydrogen-bond donors (Lipinski definition) is 2. The summed E-state index contributed by atoms with van der Waals surface area (Å²) in [5.41, 5.74) is 2.62. The summed E-state index contributed by atoms with van der Waals surface area (Å²) in [5.74, 6) is 1.51. The Morgan fingerprint density at radius 1 is 1.12 bits per heavy atom. The first kappa shape index (κ1) is 17.8. The molecule has 0 bridgehead atoms. The third-order valence-corrected chi connectivity index (χ3v) is 4.16. The van der Waals surface area contributed by atoms with Crippen LogP contribution in [-0.2, 0) is 16.0 Å². The van der Waals surface area contributed by atoms with Crippen LogP contribution in [-0.4, -0.2) is 25.5 Å². The van der Waals surface area contributed by atoms with Crippen molar-refractivity contribution < 1.29 is 19.1 Å². The minimum absolute atomic E-state index is 0.0335. The number of methoxy groups -OCH3 is 1. The number of hydrogen-bond acceptors (Lipinski definition) is 4. The molecule has 0 atom stereocenters. The summed E-state index contributed by atoms with van der Waals surface area (Å²) in [7, 11) is 1.62. The number of aryl methyl sites for hydroxylation is 1. The van der Waals surface area contributed by atoms with Gasteiger partial charge in [-0.15, -0.1) is 0 Å². The number of ether oxygens (including phenoxy) is 2. The molecule has 2 N–H and O–H groups in total. The van der Waals surface area contributed by atoms with Crippen molar-refractivity contribution in [2.45, 2.75) is 25.7 Å². The highest BCUT2D eigenvalue weighted by Gasteiger charge is 2.15. The summed E-state index contributed by atoms with van der Waals surface area (Å²) >= 11 is 0. The van der Waals surface area contributed by atoms with Crippen LogP contribution < -0.4 is 20.1 Å². The Bertz CT molecular complexity index is 787. The lowest BCUT2D eigenvalue weighted by Gasteiger charge is -2.17. The molecular weight excluding hydrogens is 332 g/mol. The lowest BCUT2D eigenvalue weighted by atomic mass is 10.0. The summed E-state index contributed by atoms with van der Waals surface area (Å²) in [5, 5.41) is 5.72. The highest BCUT2D eigenvalue weighted by atomic mass is 16.5. The molecule has 3 rings (SSSR count). The molecule has 0 saturated carbocycles. The molecule has 2 aromatic rings. The number of benzene rings is 2. The second-order valence-electron chi connectivity index (χ2n) is 6.10. The van der Waals surface area contributed by atoms with Crippen LogP contribution in [0.4, 0.5) is 11.4 Å². The largest absolute Gasteiger partial charge is 0.497 e. The summed E-state index contributed by atoms with van der Waals surface area (Å²) < 4.78 is 10.7. The molecule has 0 aliphatic carbocycles. The van der Waals surface area contributed by atoms with Gasteiger partial charge in [0.15, 0.2) is 0 Å². The molecular formula is C20H22N2O4. The monoisotopic (exact) mass is 354 g/mol. The van der Waals surface area contributed by atoms with Crippen LogP contribution in [0.1, 0.15) is 24.8 Å². The second kappa shape index (κ2) is 8.38. The van der Waals surface area contributed by atoms with Gasteiger partial charge < -0.3 is 20.1 Å². The standard InChI is InChI=1S/C20H22N2O4/c1-25-16-6-8-17(9-7-16)26-12-2-3-19(23)21-15-5-10-18-14(13-15)4-11-20(24)22-18/h5-10,13H,2-4,11-12H2,1H3,(H,21,23)(H,22,24). The first-order valence-electron chi connectivity index (χ1n) is 8.63. The van der Waals surface area contributed by atoms with Gasteiger partial charge in [0, 0.05) is 24.2 Å². The van der Waals surface area contributed by atoms with Crippen molar-refractivity contribution in [3.8, 4) is 11.5 Å². The van der Waals surface area contributed by atoms with E-state index in [2.05, 4.69) is 10.6 Å². The van der Waals surface area contributed by atoms with E-state index < -0.39 is 0 Å². The first-order chi connectivity index (χ1) is 12.6. The van der Waals surface area contributed by atoms with Crippen LogP contribution >= 0.6 is 0 Å². The number of amides is 2. The molecule has 0 saturated heterocycles. The number of carbonyl (C=O) groups is 2. The van der Waals surface area contributed by atoms with E-state index in [1.165, 1.54) is 0 Å². The lowest BCUT2D eigenvalue weighted by Crippen LogP contribution is -2.19. The van der Waals surface area contributed by atoms with E-state index in [0.29, 0.717) is 32.3 Å². The van der Waals surface area contributed by atoms with Gasteiger partial charge >= 0.3 is 0 Å². The van der Waals surface area contributed by atoms with Crippen molar-refractivity contribution in [1.82, 2.24) is 0 Å². The van der Waals surface area contributed by atoms with Gasteiger partial charge in [0.2, 0.25) is 11.8 Å². The van der Waals surface area contributed by atoms with E-state index in [-0.39, 0.29) is 11.8 Å². The molecule has 2 aromatic carbocycles. The Hall–Kier alpha value is -3.02. The van der Waals surface area contributed by atoms with E-state index >= 15 is 0 Å². The summed E-state index contributed by atoms with van der Waals surface area (Å²) in [6, 6.07) is 12.9. The Labute approximate surface area is 152 Å². The Balaban J connectivity index is 1.42. The fraction of sp³-hybridized carbons (Fsp3) is 0.300. The Kier molecular flexibility index (Phi) is 5.73. The zero-order valence-electron chi connectivity index (χ0n) is 14.7. The molecule has 0 radical (unpaired) electrons. The highest BCUT2D eigenvalue weighted by Crippen LogP contribution is 2.25. The van der Waals surface area contributed by atoms with Crippen molar-refractivity contribution in [1.29, 1.82) is 0 Å². The zero-order chi connectivity index (χ0) is 18.4. The average molecular weight is 354 g/mol. The summed E-state index contributed by atoms with van der Waals surface area (Å²) in [6.07, 6.45) is 2.18. The van der Waals surface area contributed by atoms with Gasteiger partial charge in [0.1, 0.15) is 11.5 Å². The van der Waals surface area contributed by atoms with Crippen LogP contribution in [0.3, 0.4) is 0 Å². The molecule has 1 heterocycles. The predicted octanol–water partition coefficient (Wildman–Crippen LogP) is 3.38. The molecule has 0 aromatic heterocycles. The molecule has 0 fully saturated rings. The predicted molar refractivity (Wildman–Crippen MR) is 99.7 cm³/mol. The van der Waals surface area contributed by atoms with Gasteiger partial charge in [-0.3, -0.25) is 9.59 Å². The summed E-state index contributed by atoms with van der Waals surface area (Å²) in [4.78, 5) is 23.4. The maximum atomic E-state index is 12.1. The number of fused-ring (bicyclic) bond motifs is 1. The van der Waals surface area contributed by atoms with E-state index in [4.69, 9.17) is 9.47 Å². The van der Waals surface area contributed by atoms with Crippen LogP contribution in [0.15, 0.2) is 42.5 Å². The SMILES string of the molecule is COc1ccc(OCCCC(=O)Nc2ccc3c(c2)CCC(=O)N3)cc1. The van der Waals surface area contributed by atoms with Crippen molar-refractivity contribution in [2.24, 2.45) is 0 Å². The number of nitrogens with one attached hydrogen (secondary N) is 2. The molecule has 1 aliphatic rings. The molecule has 6 heteroatoms. The van der Waals surface area contributed by atoms with E-state index in [0.717, 1.165) is 28.4 Å². The van der Waals surface area contributed by atoms with Crippen LogP contribution in [0, 0.1) is 0 Å². The van der Waals surface area contributed by atoms with Gasteiger partial charge in [0.25, 0.3) is 0 Å². The number of carbonyl (C=O) groups excluding carboxylic acids is 2. The van der Waals surface area contributed by atoms with Gasteiger partial charge in [0.05, 0.1) is 13.7 Å². The fourth-order valence-corrected chi connectivity index (χ4v) is 2.78. The van der Waals surface area contributed by atoms with Gasteiger partial charge in [-0.2, -0.15) is 0 Å². The van der Waals surface area contributed by atoms with E-state index in [1.54, 1.807) is 13.2 Å². The van der Waals surface area contributed by atoms with E-state index in [9.17, 15) is 9.59 Å². The van der Waals surface area contributed by atoms with Crippen molar-refractivity contribution >= 4 is 23.2 Å². The average Bonchev–Trinajstić information content (AvgIpc) is 2.66. The third-order valence-electron chi connectivity index (χ3n) is 4.16. The Morgan fingerprint density at radius 2 is 1.88 bits per heavy atom. The van der Waals surface area contributed by atoms with Crippen LogP contribution in [0.25, 0.3) is 0 Å². The quantitative estimate of drug-likeness (QED) is 0.748. The van der Waals surface area contributed by atoms with Gasteiger partial charge in [-0.1, -0.05) is 0 Å². The van der Waals surface area contributed by atoms with Gasteiger partial charge in [-0.05, 0) is 60.9 Å². The molecule has 0 spiro atoms. The molecule has 6 nitrogen and oxygen atoms in total. The minimum Gasteiger partial charge on any atom is -0.497 e. The van der Waals surface area contributed by atoms with Gasteiger partial charge in [-0.25, -0.2) is 0 Å². The van der Waals surface area contributed by atoms with Crippen LogP contribution in [0.2, 0.25) is 0 Å². The molecule has 0 unspecified atom stereocenters. The minimum atomic E-state index is -0.0527. The van der Waals surface area contributed by atoms with Crippen molar-refractivity contribution in [3.63, 3.8) is 0 Å². The first-order valence-corrected chi connectivity index (χ1v) is 8.63. The zero-order valence-corrected chi connectivity index (χ0v) is 14.7. The number of anilines is 2. The summed E-state index contributed by atoms with van der Waals surface area (Å²) in [6.45, 7) is 0.468. The second-order valence-corrected chi connectivity index (χ2v) is 6.10. The highest BCUT2D eigenvalue weighted by molar-refractivity contribution is 5.95. The smallest absolute Gasteiger partial charge is 0.224 e. The lowest BCUT2D eigenvalue weighted by molar-refractivity contribution is -0.117. The fourth-order valence-electron chi connectivity index (χ4n) is 2.78. The third kappa shape index (κ3) is 4.75. The van der Waals surface area contributed by atoms with Crippen molar-refractivity contribution in [3.05, 3.63) is 48.0 Å². The van der Waals surface area contributed by atoms with Crippen molar-refractivity contribution in [2.75, 3.05) is 24.4 Å². The molecule has 136 valence electrons. The topological polar surface area (TPSA) is 76.7 Å². The maximum Gasteiger partial charge on any atom is 0.224 e. The normalized spacial score (nSPS) is 12.7. The Morgan fingerprint density at radius 3 is 2.65 bits per heavy atom. The molecule has 2 amide bonds. The maximum absolute atomic E-state index is 12.1.